The molecule has 1 saturated heterocycles. The van der Waals surface area contributed by atoms with Crippen LogP contribution in [-0.4, -0.2) is 30.1 Å². The molecule has 0 amide bonds. The number of methoxy groups -OCH3 is 1. The maximum Gasteiger partial charge on any atom is 0.217 e. The molecule has 17 heavy (non-hydrogen) atoms. The van der Waals surface area contributed by atoms with E-state index in [9.17, 15) is 0 Å². The Kier molecular flexibility index (Phi) is 4.00. The Labute approximate surface area is 104 Å². The fourth-order valence-corrected chi connectivity index (χ4v) is 2.69. The van der Waals surface area contributed by atoms with E-state index in [2.05, 4.69) is 29.8 Å². The molecule has 0 aromatic carbocycles. The lowest BCUT2D eigenvalue weighted by atomic mass is 10.1. The minimum Gasteiger partial charge on any atom is -0.481 e. The SMILES string of the molecule is COc1ncccc1[C@@H]1CCCN1CC(C)C. The van der Waals surface area contributed by atoms with Crippen LogP contribution in [0.3, 0.4) is 0 Å². The van der Waals surface area contributed by atoms with Gasteiger partial charge in [-0.05, 0) is 31.4 Å². The van der Waals surface area contributed by atoms with Gasteiger partial charge in [0.25, 0.3) is 0 Å². The Hall–Kier alpha value is -1.09. The second kappa shape index (κ2) is 5.50. The lowest BCUT2D eigenvalue weighted by molar-refractivity contribution is 0.223. The molecule has 0 spiro atoms. The molecule has 1 aliphatic heterocycles. The summed E-state index contributed by atoms with van der Waals surface area (Å²) >= 11 is 0. The second-order valence-electron chi connectivity index (χ2n) is 5.15. The van der Waals surface area contributed by atoms with Crippen molar-refractivity contribution >= 4 is 0 Å². The van der Waals surface area contributed by atoms with Crippen LogP contribution >= 0.6 is 0 Å². The highest BCUT2D eigenvalue weighted by molar-refractivity contribution is 5.29. The van der Waals surface area contributed by atoms with Gasteiger partial charge < -0.3 is 4.74 Å². The highest BCUT2D eigenvalue weighted by Gasteiger charge is 2.28. The van der Waals surface area contributed by atoms with Gasteiger partial charge in [0.1, 0.15) is 0 Å². The largest absolute Gasteiger partial charge is 0.481 e. The quantitative estimate of drug-likeness (QED) is 0.801. The Bertz CT molecular complexity index is 365. The van der Waals surface area contributed by atoms with Crippen LogP contribution in [0.1, 0.15) is 38.3 Å². The average Bonchev–Trinajstić information content (AvgIpc) is 2.76. The molecule has 2 rings (SSSR count). The van der Waals surface area contributed by atoms with Gasteiger partial charge >= 0.3 is 0 Å². The number of hydrogen-bond donors (Lipinski definition) is 0. The first-order valence-electron chi connectivity index (χ1n) is 6.45. The summed E-state index contributed by atoms with van der Waals surface area (Å²) in [6.45, 7) is 6.90. The number of hydrogen-bond acceptors (Lipinski definition) is 3. The van der Waals surface area contributed by atoms with Crippen molar-refractivity contribution in [2.75, 3.05) is 20.2 Å². The van der Waals surface area contributed by atoms with E-state index in [1.54, 1.807) is 13.3 Å². The normalized spacial score (nSPS) is 21.1. The summed E-state index contributed by atoms with van der Waals surface area (Å²) in [4.78, 5) is 6.87. The van der Waals surface area contributed by atoms with Gasteiger partial charge in [-0.25, -0.2) is 4.98 Å². The lowest BCUT2D eigenvalue weighted by Gasteiger charge is -2.27. The summed E-state index contributed by atoms with van der Waals surface area (Å²) in [6.07, 6.45) is 4.29. The topological polar surface area (TPSA) is 25.4 Å². The minimum atomic E-state index is 0.487. The third-order valence-corrected chi connectivity index (χ3v) is 3.32. The van der Waals surface area contributed by atoms with Crippen LogP contribution in [0.15, 0.2) is 18.3 Å². The molecule has 0 aliphatic carbocycles. The maximum atomic E-state index is 5.37. The molecule has 1 atom stereocenters. The van der Waals surface area contributed by atoms with E-state index in [4.69, 9.17) is 4.74 Å². The predicted octanol–water partition coefficient (Wildman–Crippen LogP) is 2.88. The first-order valence-corrected chi connectivity index (χ1v) is 6.45. The molecule has 0 bridgehead atoms. The van der Waals surface area contributed by atoms with Gasteiger partial charge in [0.2, 0.25) is 5.88 Å². The van der Waals surface area contributed by atoms with E-state index in [0.717, 1.165) is 12.4 Å². The van der Waals surface area contributed by atoms with Crippen molar-refractivity contribution in [2.24, 2.45) is 5.92 Å². The summed E-state index contributed by atoms with van der Waals surface area (Å²) in [5.74, 6) is 1.49. The van der Waals surface area contributed by atoms with E-state index in [0.29, 0.717) is 12.0 Å². The molecule has 1 aliphatic rings. The fraction of sp³-hybridized carbons (Fsp3) is 0.643. The standard InChI is InChI=1S/C14H22N2O/c1-11(2)10-16-9-5-7-13(16)12-6-4-8-15-14(12)17-3/h4,6,8,11,13H,5,7,9-10H2,1-3H3/t13-/m0/s1. The zero-order chi connectivity index (χ0) is 12.3. The van der Waals surface area contributed by atoms with Gasteiger partial charge in [-0.3, -0.25) is 4.90 Å². The van der Waals surface area contributed by atoms with Crippen molar-refractivity contribution < 1.29 is 4.74 Å². The number of likely N-dealkylation sites (tertiary alicyclic amines) is 1. The van der Waals surface area contributed by atoms with Crippen molar-refractivity contribution in [1.29, 1.82) is 0 Å². The van der Waals surface area contributed by atoms with E-state index in [1.807, 2.05) is 6.07 Å². The molecule has 3 nitrogen and oxygen atoms in total. The Morgan fingerprint density at radius 1 is 1.53 bits per heavy atom. The van der Waals surface area contributed by atoms with Crippen LogP contribution in [0, 0.1) is 5.92 Å². The predicted molar refractivity (Wildman–Crippen MR) is 69.2 cm³/mol. The smallest absolute Gasteiger partial charge is 0.217 e. The van der Waals surface area contributed by atoms with Gasteiger partial charge in [0, 0.05) is 24.3 Å². The first kappa shape index (κ1) is 12.4. The van der Waals surface area contributed by atoms with Crippen LogP contribution in [0.4, 0.5) is 0 Å². The number of nitrogens with zero attached hydrogens (tertiary/aromatic N) is 2. The van der Waals surface area contributed by atoms with Crippen LogP contribution in [0.25, 0.3) is 0 Å². The highest BCUT2D eigenvalue weighted by Crippen LogP contribution is 2.36. The third kappa shape index (κ3) is 2.78. The molecular weight excluding hydrogens is 212 g/mol. The summed E-state index contributed by atoms with van der Waals surface area (Å²) < 4.78 is 5.37. The van der Waals surface area contributed by atoms with Crippen molar-refractivity contribution in [2.45, 2.75) is 32.7 Å². The molecule has 1 fully saturated rings. The zero-order valence-electron chi connectivity index (χ0n) is 11.0. The third-order valence-electron chi connectivity index (χ3n) is 3.32. The summed E-state index contributed by atoms with van der Waals surface area (Å²) in [5.41, 5.74) is 1.24. The fourth-order valence-electron chi connectivity index (χ4n) is 2.69. The summed E-state index contributed by atoms with van der Waals surface area (Å²) in [5, 5.41) is 0. The number of pyridine rings is 1. The van der Waals surface area contributed by atoms with Crippen molar-refractivity contribution in [3.05, 3.63) is 23.9 Å². The molecular formula is C14H22N2O. The van der Waals surface area contributed by atoms with Crippen LogP contribution in [0.5, 0.6) is 5.88 Å². The van der Waals surface area contributed by atoms with Gasteiger partial charge in [-0.1, -0.05) is 19.9 Å². The average molecular weight is 234 g/mol. The van der Waals surface area contributed by atoms with Crippen molar-refractivity contribution in [3.63, 3.8) is 0 Å². The van der Waals surface area contributed by atoms with E-state index in [-0.39, 0.29) is 0 Å². The number of aromatic nitrogens is 1. The number of rotatable bonds is 4. The molecule has 2 heterocycles. The van der Waals surface area contributed by atoms with Crippen molar-refractivity contribution in [3.8, 4) is 5.88 Å². The Balaban J connectivity index is 2.19. The molecule has 1 aromatic heterocycles. The Morgan fingerprint density at radius 3 is 3.06 bits per heavy atom. The molecule has 3 heteroatoms. The number of ether oxygens (including phenoxy) is 1. The minimum absolute atomic E-state index is 0.487. The monoisotopic (exact) mass is 234 g/mol. The van der Waals surface area contributed by atoms with Crippen LogP contribution in [0.2, 0.25) is 0 Å². The van der Waals surface area contributed by atoms with Gasteiger partial charge in [-0.2, -0.15) is 0 Å². The Morgan fingerprint density at radius 2 is 2.35 bits per heavy atom. The molecule has 0 unspecified atom stereocenters. The van der Waals surface area contributed by atoms with Crippen LogP contribution < -0.4 is 4.74 Å². The summed E-state index contributed by atoms with van der Waals surface area (Å²) in [7, 11) is 1.70. The molecule has 0 radical (unpaired) electrons. The zero-order valence-corrected chi connectivity index (χ0v) is 11.0. The maximum absolute atomic E-state index is 5.37. The molecule has 94 valence electrons. The van der Waals surface area contributed by atoms with E-state index >= 15 is 0 Å². The van der Waals surface area contributed by atoms with E-state index in [1.165, 1.54) is 24.9 Å². The van der Waals surface area contributed by atoms with Crippen LogP contribution in [-0.2, 0) is 0 Å². The molecule has 1 aromatic rings. The van der Waals surface area contributed by atoms with E-state index < -0.39 is 0 Å². The molecule has 0 N–H and O–H groups in total. The summed E-state index contributed by atoms with van der Waals surface area (Å²) in [6, 6.07) is 4.64. The highest BCUT2D eigenvalue weighted by atomic mass is 16.5. The first-order chi connectivity index (χ1) is 8.22. The lowest BCUT2D eigenvalue weighted by Crippen LogP contribution is -2.27. The van der Waals surface area contributed by atoms with Gasteiger partial charge in [0.15, 0.2) is 0 Å². The van der Waals surface area contributed by atoms with Crippen molar-refractivity contribution in [1.82, 2.24) is 9.88 Å². The van der Waals surface area contributed by atoms with Gasteiger partial charge in [-0.15, -0.1) is 0 Å². The van der Waals surface area contributed by atoms with Gasteiger partial charge in [0.05, 0.1) is 7.11 Å². The second-order valence-corrected chi connectivity index (χ2v) is 5.15. The molecule has 0 saturated carbocycles.